The maximum atomic E-state index is 4.93. The molecule has 274 valence electrons. The van der Waals surface area contributed by atoms with E-state index in [1.54, 1.807) is 0 Å². The van der Waals surface area contributed by atoms with Crippen molar-refractivity contribution in [3.05, 3.63) is 130 Å². The predicted octanol–water partition coefficient (Wildman–Crippen LogP) is 15.5. The average Bonchev–Trinajstić information content (AvgIpc) is 3.77. The van der Waals surface area contributed by atoms with Crippen LogP contribution in [0.4, 0.5) is 0 Å². The molecule has 0 nitrogen and oxygen atoms in total. The molecule has 6 rings (SSSR count). The zero-order valence-corrected chi connectivity index (χ0v) is 38.8. The van der Waals surface area contributed by atoms with E-state index in [0.717, 1.165) is 35.2 Å². The molecule has 0 fully saturated rings. The molecule has 0 aliphatic rings. The van der Waals surface area contributed by atoms with Gasteiger partial charge in [0.05, 0.1) is 0 Å². The van der Waals surface area contributed by atoms with E-state index in [0.29, 0.717) is 0 Å². The molecule has 4 heteroatoms. The van der Waals surface area contributed by atoms with Gasteiger partial charge >= 0.3 is 37.9 Å². The van der Waals surface area contributed by atoms with Gasteiger partial charge in [-0.1, -0.05) is 153 Å². The van der Waals surface area contributed by atoms with Gasteiger partial charge in [0.1, 0.15) is 0 Å². The SMILES string of the molecule is CCc1ccccc1-c1c(CC)ccc2[cH-]c(C(C)(C)C)cc12.CCc1ccccc1-c1c(CC)ccc2[cH-]c(C(C)(C)C)cc12.C[Si]C.[Cl][Zr+2][Cl]. The van der Waals surface area contributed by atoms with Crippen LogP contribution in [0.3, 0.4) is 0 Å². The number of hydrogen-bond donors (Lipinski definition) is 0. The fraction of sp³-hybridized carbons (Fsp3) is 0.375. The fourth-order valence-corrected chi connectivity index (χ4v) is 6.89. The predicted molar refractivity (Wildman–Crippen MR) is 234 cm³/mol. The summed E-state index contributed by atoms with van der Waals surface area (Å²) in [5.74, 6) is 0. The third-order valence-corrected chi connectivity index (χ3v) is 9.78. The van der Waals surface area contributed by atoms with Crippen LogP contribution in [0.2, 0.25) is 13.1 Å². The number of aryl methyl sites for hydroxylation is 4. The Bertz CT molecular complexity index is 1850. The van der Waals surface area contributed by atoms with Crippen molar-refractivity contribution in [2.75, 3.05) is 0 Å². The van der Waals surface area contributed by atoms with Gasteiger partial charge in [0.2, 0.25) is 0 Å². The van der Waals surface area contributed by atoms with E-state index in [-0.39, 0.29) is 10.8 Å². The zero-order valence-electron chi connectivity index (χ0n) is 33.8. The topological polar surface area (TPSA) is 0 Å². The molecule has 0 bridgehead atoms. The number of benzene rings is 4. The first-order valence-electron chi connectivity index (χ1n) is 18.9. The van der Waals surface area contributed by atoms with Crippen LogP contribution in [0.5, 0.6) is 0 Å². The van der Waals surface area contributed by atoms with Gasteiger partial charge < -0.3 is 0 Å². The number of hydrogen-bond acceptors (Lipinski definition) is 0. The molecule has 2 radical (unpaired) electrons. The molecule has 0 aliphatic carbocycles. The summed E-state index contributed by atoms with van der Waals surface area (Å²) >= 11 is -0.826. The van der Waals surface area contributed by atoms with Crippen molar-refractivity contribution in [1.29, 1.82) is 0 Å². The quantitative estimate of drug-likeness (QED) is 0.116. The Hall–Kier alpha value is -2.22. The fourth-order valence-electron chi connectivity index (χ4n) is 6.89. The third kappa shape index (κ3) is 10.9. The van der Waals surface area contributed by atoms with Gasteiger partial charge in [-0.2, -0.15) is 12.1 Å². The normalized spacial score (nSPS) is 11.2. The van der Waals surface area contributed by atoms with E-state index in [2.05, 4.69) is 179 Å². The molecular formula is C48H60Cl2SiZr. The van der Waals surface area contributed by atoms with Crippen molar-refractivity contribution in [1.82, 2.24) is 0 Å². The third-order valence-electron chi connectivity index (χ3n) is 9.78. The Morgan fingerprint density at radius 2 is 0.827 bits per heavy atom. The molecule has 0 atom stereocenters. The monoisotopic (exact) mass is 824 g/mol. The van der Waals surface area contributed by atoms with Gasteiger partial charge in [-0.25, -0.2) is 0 Å². The second kappa shape index (κ2) is 20.5. The second-order valence-electron chi connectivity index (χ2n) is 15.5. The molecule has 0 heterocycles. The Labute approximate surface area is 338 Å². The van der Waals surface area contributed by atoms with Gasteiger partial charge in [-0.05, 0) is 58.8 Å². The molecule has 0 saturated carbocycles. The van der Waals surface area contributed by atoms with Gasteiger partial charge in [0, 0.05) is 9.52 Å². The second-order valence-corrected chi connectivity index (χ2v) is 20.2. The number of fused-ring (bicyclic) bond motifs is 2. The first-order chi connectivity index (χ1) is 24.7. The van der Waals surface area contributed by atoms with Gasteiger partial charge in [0.15, 0.2) is 0 Å². The van der Waals surface area contributed by atoms with E-state index in [1.165, 1.54) is 77.2 Å². The first kappa shape index (κ1) is 44.2. The minimum atomic E-state index is -0.826. The van der Waals surface area contributed by atoms with Gasteiger partial charge in [-0.3, -0.25) is 0 Å². The van der Waals surface area contributed by atoms with E-state index < -0.39 is 20.8 Å². The molecule has 0 amide bonds. The average molecular weight is 827 g/mol. The summed E-state index contributed by atoms with van der Waals surface area (Å²) < 4.78 is 0. The summed E-state index contributed by atoms with van der Waals surface area (Å²) in [7, 11) is 11.0. The van der Waals surface area contributed by atoms with Crippen LogP contribution >= 0.6 is 17.0 Å². The van der Waals surface area contributed by atoms with Crippen LogP contribution in [0, 0.1) is 0 Å². The van der Waals surface area contributed by atoms with Crippen molar-refractivity contribution in [3.63, 3.8) is 0 Å². The van der Waals surface area contributed by atoms with Crippen LogP contribution in [-0.2, 0) is 57.4 Å². The number of rotatable bonds is 6. The summed E-state index contributed by atoms with van der Waals surface area (Å²) in [5, 5.41) is 5.56. The maximum absolute atomic E-state index is 4.93. The summed E-state index contributed by atoms with van der Waals surface area (Å²) in [6.45, 7) is 27.1. The van der Waals surface area contributed by atoms with Crippen LogP contribution in [-0.4, -0.2) is 9.52 Å². The van der Waals surface area contributed by atoms with E-state index in [1.807, 2.05) is 0 Å². The first-order valence-corrected chi connectivity index (χ1v) is 27.2. The van der Waals surface area contributed by atoms with Crippen LogP contribution in [0.1, 0.15) is 103 Å². The molecular weight excluding hydrogens is 767 g/mol. The van der Waals surface area contributed by atoms with E-state index in [9.17, 15) is 0 Å². The molecule has 0 unspecified atom stereocenters. The van der Waals surface area contributed by atoms with Crippen LogP contribution < -0.4 is 0 Å². The molecule has 0 aromatic heterocycles. The molecule has 52 heavy (non-hydrogen) atoms. The zero-order chi connectivity index (χ0) is 38.6. The summed E-state index contributed by atoms with van der Waals surface area (Å²) in [6.07, 6.45) is 4.28. The molecule has 0 saturated heterocycles. The summed E-state index contributed by atoms with van der Waals surface area (Å²) in [4.78, 5) is 0. The Morgan fingerprint density at radius 3 is 1.12 bits per heavy atom. The molecule has 0 spiro atoms. The van der Waals surface area contributed by atoms with Crippen LogP contribution in [0.15, 0.2) is 97.1 Å². The van der Waals surface area contributed by atoms with Crippen molar-refractivity contribution in [2.45, 2.75) is 119 Å². The summed E-state index contributed by atoms with van der Waals surface area (Å²) in [5.41, 5.74) is 14.7. The minimum absolute atomic E-state index is 0.187. The van der Waals surface area contributed by atoms with Crippen molar-refractivity contribution >= 4 is 48.1 Å². The van der Waals surface area contributed by atoms with E-state index in [4.69, 9.17) is 17.0 Å². The Morgan fingerprint density at radius 1 is 0.519 bits per heavy atom. The van der Waals surface area contributed by atoms with Crippen LogP contribution in [0.25, 0.3) is 43.8 Å². The number of halogens is 2. The Balaban J connectivity index is 0.000000244. The molecule has 0 N–H and O–H groups in total. The Kier molecular flexibility index (Phi) is 17.4. The van der Waals surface area contributed by atoms with E-state index >= 15 is 0 Å². The van der Waals surface area contributed by atoms with Gasteiger partial charge in [0.25, 0.3) is 0 Å². The molecule has 0 aliphatic heterocycles. The van der Waals surface area contributed by atoms with Crippen molar-refractivity contribution in [2.24, 2.45) is 0 Å². The summed E-state index contributed by atoms with van der Waals surface area (Å²) in [6, 6.07) is 36.5. The standard InChI is InChI=1S/2C23H27.C2H6Si.2ClH.Zr/c2*1-6-16-10-8-9-11-20(16)22-17(7-2)12-13-18-14-19(15-21(18)22)23(3,4)5;1-3-2;;;/h2*8-15H,6-7H2,1-5H3;1-2H3;2*1H;/q2*-1;;;;+4/p-2. The van der Waals surface area contributed by atoms with Gasteiger partial charge in [-0.15, -0.1) is 69.1 Å². The molecule has 6 aromatic rings. The van der Waals surface area contributed by atoms with Crippen molar-refractivity contribution < 1.29 is 20.8 Å². The molecule has 6 aromatic carbocycles. The van der Waals surface area contributed by atoms with Crippen molar-refractivity contribution in [3.8, 4) is 22.3 Å².